The number of nitrogens with zero attached hydrogens (tertiary/aromatic N) is 3. The van der Waals surface area contributed by atoms with Crippen LogP contribution in [0.15, 0.2) is 24.4 Å². The van der Waals surface area contributed by atoms with Gasteiger partial charge in [0.2, 0.25) is 0 Å². The number of non-ortho nitro benzene ring substituents is 1. The average Bonchev–Trinajstić information content (AvgIpc) is 3.18. The first kappa shape index (κ1) is 13.0. The Morgan fingerprint density at radius 3 is 3.05 bits per heavy atom. The molecule has 1 fully saturated rings. The zero-order valence-corrected chi connectivity index (χ0v) is 10.9. The van der Waals surface area contributed by atoms with Gasteiger partial charge in [-0.2, -0.15) is 5.10 Å². The predicted molar refractivity (Wildman–Crippen MR) is 73.4 cm³/mol. The topological polar surface area (TPSA) is 93.2 Å². The second-order valence-electron chi connectivity index (χ2n) is 5.16. The van der Waals surface area contributed by atoms with E-state index in [9.17, 15) is 15.2 Å². The maximum atomic E-state index is 10.8. The molecular formula is C13H16N4O3. The number of hydrogen-bond acceptors (Lipinski definition) is 5. The molecule has 7 nitrogen and oxygen atoms in total. The number of aliphatic hydroxyl groups excluding tert-OH is 1. The summed E-state index contributed by atoms with van der Waals surface area (Å²) in [5.74, 6) is 0. The predicted octanol–water partition coefficient (Wildman–Crippen LogP) is 1.06. The van der Waals surface area contributed by atoms with Gasteiger partial charge in [-0.05, 0) is 18.9 Å². The van der Waals surface area contributed by atoms with E-state index in [4.69, 9.17) is 0 Å². The van der Waals surface area contributed by atoms with Gasteiger partial charge in [-0.15, -0.1) is 0 Å². The van der Waals surface area contributed by atoms with E-state index in [0.29, 0.717) is 24.6 Å². The second-order valence-corrected chi connectivity index (χ2v) is 5.16. The fourth-order valence-electron chi connectivity index (χ4n) is 2.17. The van der Waals surface area contributed by atoms with Crippen molar-refractivity contribution in [3.63, 3.8) is 0 Å². The van der Waals surface area contributed by atoms with Gasteiger partial charge in [0.15, 0.2) is 0 Å². The van der Waals surface area contributed by atoms with Gasteiger partial charge in [0.05, 0.1) is 29.3 Å². The summed E-state index contributed by atoms with van der Waals surface area (Å²) in [5, 5.41) is 29.0. The first-order valence-corrected chi connectivity index (χ1v) is 6.65. The number of fused-ring (bicyclic) bond motifs is 1. The molecule has 0 radical (unpaired) electrons. The highest BCUT2D eigenvalue weighted by atomic mass is 16.6. The third-order valence-corrected chi connectivity index (χ3v) is 3.44. The summed E-state index contributed by atoms with van der Waals surface area (Å²) >= 11 is 0. The van der Waals surface area contributed by atoms with Gasteiger partial charge in [-0.3, -0.25) is 14.8 Å². The first-order chi connectivity index (χ1) is 9.63. The monoisotopic (exact) mass is 276 g/mol. The maximum absolute atomic E-state index is 10.8. The lowest BCUT2D eigenvalue weighted by molar-refractivity contribution is -0.384. The fraction of sp³-hybridized carbons (Fsp3) is 0.462. The summed E-state index contributed by atoms with van der Waals surface area (Å²) in [6.45, 7) is 0.839. The second kappa shape index (κ2) is 5.18. The van der Waals surface area contributed by atoms with E-state index in [2.05, 4.69) is 10.4 Å². The van der Waals surface area contributed by atoms with E-state index < -0.39 is 11.0 Å². The number of rotatable bonds is 6. The number of aliphatic hydroxyl groups is 1. The lowest BCUT2D eigenvalue weighted by Crippen LogP contribution is -2.31. The standard InChI is InChI=1S/C13H16N4O3/c18-12(7-14-10-2-3-10)8-16-13-5-11(17(19)20)4-1-9(13)6-15-16/h1,4-6,10,12,14,18H,2-3,7-8H2. The summed E-state index contributed by atoms with van der Waals surface area (Å²) in [6, 6.07) is 5.16. The molecule has 1 unspecified atom stereocenters. The number of nitrogens with one attached hydrogen (secondary N) is 1. The molecule has 0 bridgehead atoms. The van der Waals surface area contributed by atoms with Gasteiger partial charge in [0.1, 0.15) is 0 Å². The van der Waals surface area contributed by atoms with Crippen LogP contribution in [-0.2, 0) is 6.54 Å². The minimum atomic E-state index is -0.557. The van der Waals surface area contributed by atoms with Gasteiger partial charge >= 0.3 is 0 Å². The number of benzene rings is 1. The molecule has 0 saturated heterocycles. The molecule has 1 aromatic carbocycles. The Kier molecular flexibility index (Phi) is 3.37. The van der Waals surface area contributed by atoms with Crippen LogP contribution < -0.4 is 5.32 Å². The fourth-order valence-corrected chi connectivity index (χ4v) is 2.17. The summed E-state index contributed by atoms with van der Waals surface area (Å²) < 4.78 is 1.61. The van der Waals surface area contributed by atoms with Crippen LogP contribution in [0.25, 0.3) is 10.9 Å². The summed E-state index contributed by atoms with van der Waals surface area (Å²) in [5.41, 5.74) is 0.703. The zero-order valence-electron chi connectivity index (χ0n) is 10.9. The molecule has 20 heavy (non-hydrogen) atoms. The van der Waals surface area contributed by atoms with Gasteiger partial charge < -0.3 is 10.4 Å². The first-order valence-electron chi connectivity index (χ1n) is 6.65. The van der Waals surface area contributed by atoms with E-state index in [1.807, 2.05) is 0 Å². The molecule has 106 valence electrons. The Morgan fingerprint density at radius 2 is 2.35 bits per heavy atom. The SMILES string of the molecule is O=[N+]([O-])c1ccc2cnn(CC(O)CNC3CC3)c2c1. The van der Waals surface area contributed by atoms with Crippen LogP contribution in [0.5, 0.6) is 0 Å². The van der Waals surface area contributed by atoms with Crippen LogP contribution in [0.3, 0.4) is 0 Å². The van der Waals surface area contributed by atoms with Gasteiger partial charge in [-0.25, -0.2) is 0 Å². The van der Waals surface area contributed by atoms with E-state index >= 15 is 0 Å². The molecule has 0 amide bonds. The molecule has 1 aromatic heterocycles. The molecule has 7 heteroatoms. The molecule has 3 rings (SSSR count). The summed E-state index contributed by atoms with van der Waals surface area (Å²) in [7, 11) is 0. The van der Waals surface area contributed by atoms with Crippen molar-refractivity contribution < 1.29 is 10.0 Å². The van der Waals surface area contributed by atoms with E-state index in [1.165, 1.54) is 25.0 Å². The molecule has 1 aliphatic carbocycles. The molecule has 1 aliphatic rings. The van der Waals surface area contributed by atoms with E-state index in [1.54, 1.807) is 16.9 Å². The van der Waals surface area contributed by atoms with E-state index in [0.717, 1.165) is 5.39 Å². The average molecular weight is 276 g/mol. The highest BCUT2D eigenvalue weighted by Crippen LogP contribution is 2.21. The highest BCUT2D eigenvalue weighted by Gasteiger charge is 2.21. The highest BCUT2D eigenvalue weighted by molar-refractivity contribution is 5.80. The molecular weight excluding hydrogens is 260 g/mol. The number of aromatic nitrogens is 2. The summed E-state index contributed by atoms with van der Waals surface area (Å²) in [4.78, 5) is 10.4. The third-order valence-electron chi connectivity index (χ3n) is 3.44. The van der Waals surface area contributed by atoms with Crippen LogP contribution >= 0.6 is 0 Å². The smallest absolute Gasteiger partial charge is 0.271 e. The zero-order chi connectivity index (χ0) is 14.1. The van der Waals surface area contributed by atoms with Crippen LogP contribution in [0.1, 0.15) is 12.8 Å². The van der Waals surface area contributed by atoms with E-state index in [-0.39, 0.29) is 5.69 Å². The van der Waals surface area contributed by atoms with Crippen molar-refractivity contribution in [2.24, 2.45) is 0 Å². The quantitative estimate of drug-likeness (QED) is 0.608. The van der Waals surface area contributed by atoms with Gasteiger partial charge in [-0.1, -0.05) is 0 Å². The lowest BCUT2D eigenvalue weighted by Gasteiger charge is -2.12. The van der Waals surface area contributed by atoms with Crippen molar-refractivity contribution in [1.82, 2.24) is 15.1 Å². The molecule has 2 aromatic rings. The van der Waals surface area contributed by atoms with Crippen molar-refractivity contribution in [1.29, 1.82) is 0 Å². The van der Waals surface area contributed by atoms with Crippen molar-refractivity contribution >= 4 is 16.6 Å². The van der Waals surface area contributed by atoms with Crippen molar-refractivity contribution in [2.75, 3.05) is 6.54 Å². The van der Waals surface area contributed by atoms with Crippen LogP contribution in [0.2, 0.25) is 0 Å². The Balaban J connectivity index is 1.75. The number of nitro benzene ring substituents is 1. The Hall–Kier alpha value is -1.99. The molecule has 0 aliphatic heterocycles. The number of hydrogen-bond donors (Lipinski definition) is 2. The maximum Gasteiger partial charge on any atom is 0.271 e. The summed E-state index contributed by atoms with van der Waals surface area (Å²) in [6.07, 6.45) is 3.44. The Bertz CT molecular complexity index is 636. The van der Waals surface area contributed by atoms with Crippen LogP contribution in [0, 0.1) is 10.1 Å². The number of nitro groups is 1. The molecule has 1 saturated carbocycles. The molecule has 1 heterocycles. The minimum absolute atomic E-state index is 0.0323. The molecule has 1 atom stereocenters. The molecule has 0 spiro atoms. The lowest BCUT2D eigenvalue weighted by atomic mass is 10.2. The largest absolute Gasteiger partial charge is 0.390 e. The van der Waals surface area contributed by atoms with Crippen molar-refractivity contribution in [2.45, 2.75) is 31.5 Å². The molecule has 2 N–H and O–H groups in total. The Labute approximate surface area is 115 Å². The van der Waals surface area contributed by atoms with Gasteiger partial charge in [0.25, 0.3) is 5.69 Å². The van der Waals surface area contributed by atoms with Crippen molar-refractivity contribution in [3.8, 4) is 0 Å². The normalized spacial score (nSPS) is 16.4. The third kappa shape index (κ3) is 2.78. The minimum Gasteiger partial charge on any atom is -0.390 e. The van der Waals surface area contributed by atoms with Crippen LogP contribution in [-0.4, -0.2) is 38.5 Å². The van der Waals surface area contributed by atoms with Crippen LogP contribution in [0.4, 0.5) is 5.69 Å². The van der Waals surface area contributed by atoms with Gasteiger partial charge in [0, 0.05) is 30.1 Å². The van der Waals surface area contributed by atoms with Crippen molar-refractivity contribution in [3.05, 3.63) is 34.5 Å². The Morgan fingerprint density at radius 1 is 1.55 bits per heavy atom.